The molecular weight excluding hydrogens is 222 g/mol. The Kier molecular flexibility index (Phi) is 5.82. The van der Waals surface area contributed by atoms with Crippen LogP contribution in [0.1, 0.15) is 58.3 Å². The van der Waals surface area contributed by atoms with Gasteiger partial charge < -0.3 is 10.6 Å². The van der Waals surface area contributed by atoms with Crippen LogP contribution in [0.5, 0.6) is 0 Å². The Labute approximate surface area is 112 Å². The average molecular weight is 251 g/mol. The third kappa shape index (κ3) is 5.28. The lowest BCUT2D eigenvalue weighted by atomic mass is 10.0. The van der Waals surface area contributed by atoms with Gasteiger partial charge in [-0.3, -0.25) is 4.99 Å². The van der Waals surface area contributed by atoms with Crippen LogP contribution in [0, 0.1) is 11.8 Å². The van der Waals surface area contributed by atoms with Crippen LogP contribution in [0.4, 0.5) is 0 Å². The van der Waals surface area contributed by atoms with E-state index >= 15 is 0 Å². The van der Waals surface area contributed by atoms with Gasteiger partial charge in [0, 0.05) is 19.6 Å². The van der Waals surface area contributed by atoms with Gasteiger partial charge >= 0.3 is 0 Å². The maximum atomic E-state index is 4.64. The van der Waals surface area contributed by atoms with Crippen LogP contribution in [-0.4, -0.2) is 25.6 Å². The van der Waals surface area contributed by atoms with Gasteiger partial charge in [0.2, 0.25) is 0 Å². The van der Waals surface area contributed by atoms with Gasteiger partial charge in [0.25, 0.3) is 0 Å². The van der Waals surface area contributed by atoms with Gasteiger partial charge in [-0.25, -0.2) is 0 Å². The zero-order valence-electron chi connectivity index (χ0n) is 11.9. The topological polar surface area (TPSA) is 36.4 Å². The van der Waals surface area contributed by atoms with Crippen molar-refractivity contribution in [1.82, 2.24) is 10.6 Å². The highest BCUT2D eigenvalue weighted by molar-refractivity contribution is 5.79. The fraction of sp³-hybridized carbons (Fsp3) is 0.933. The number of aliphatic imine (C=N–C) groups is 1. The average Bonchev–Trinajstić information content (AvgIpc) is 3.06. The predicted octanol–water partition coefficient (Wildman–Crippen LogP) is 2.92. The molecule has 0 bridgehead atoms. The van der Waals surface area contributed by atoms with Crippen LogP contribution in [0.25, 0.3) is 0 Å². The maximum Gasteiger partial charge on any atom is 0.191 e. The Bertz CT molecular complexity index is 252. The molecule has 0 aromatic heterocycles. The van der Waals surface area contributed by atoms with Crippen molar-refractivity contribution < 1.29 is 0 Å². The summed E-state index contributed by atoms with van der Waals surface area (Å²) in [6.07, 6.45) is 11.3. The zero-order chi connectivity index (χ0) is 12.6. The van der Waals surface area contributed by atoms with E-state index in [1.807, 2.05) is 0 Å². The van der Waals surface area contributed by atoms with E-state index in [1.54, 1.807) is 0 Å². The molecule has 0 atom stereocenters. The second-order valence-corrected chi connectivity index (χ2v) is 5.88. The minimum atomic E-state index is 0.874. The fourth-order valence-corrected chi connectivity index (χ4v) is 2.76. The molecule has 18 heavy (non-hydrogen) atoms. The first kappa shape index (κ1) is 13.7. The SMILES string of the molecule is CCNC(=NCC1CC1)NCCCC1CCCC1. The normalized spacial score (nSPS) is 21.3. The van der Waals surface area contributed by atoms with Crippen molar-refractivity contribution in [3.8, 4) is 0 Å². The largest absolute Gasteiger partial charge is 0.357 e. The van der Waals surface area contributed by atoms with Crippen LogP contribution in [0.15, 0.2) is 4.99 Å². The summed E-state index contributed by atoms with van der Waals surface area (Å²) in [6.45, 7) is 5.18. The van der Waals surface area contributed by atoms with Gasteiger partial charge in [-0.2, -0.15) is 0 Å². The van der Waals surface area contributed by atoms with Crippen LogP contribution < -0.4 is 10.6 Å². The zero-order valence-corrected chi connectivity index (χ0v) is 11.9. The molecule has 0 radical (unpaired) electrons. The number of nitrogens with one attached hydrogen (secondary N) is 2. The molecule has 0 unspecified atom stereocenters. The van der Waals surface area contributed by atoms with E-state index in [-0.39, 0.29) is 0 Å². The van der Waals surface area contributed by atoms with Gasteiger partial charge in [-0.15, -0.1) is 0 Å². The van der Waals surface area contributed by atoms with Crippen molar-refractivity contribution in [3.05, 3.63) is 0 Å². The highest BCUT2D eigenvalue weighted by Gasteiger charge is 2.20. The highest BCUT2D eigenvalue weighted by Crippen LogP contribution is 2.29. The highest BCUT2D eigenvalue weighted by atomic mass is 15.2. The lowest BCUT2D eigenvalue weighted by Crippen LogP contribution is -2.38. The van der Waals surface area contributed by atoms with Crippen molar-refractivity contribution in [2.24, 2.45) is 16.8 Å². The summed E-state index contributed by atoms with van der Waals surface area (Å²) < 4.78 is 0. The van der Waals surface area contributed by atoms with Crippen LogP contribution in [-0.2, 0) is 0 Å². The van der Waals surface area contributed by atoms with Gasteiger partial charge in [-0.05, 0) is 44.4 Å². The molecule has 0 spiro atoms. The summed E-state index contributed by atoms with van der Waals surface area (Å²) in [6, 6.07) is 0. The Morgan fingerprint density at radius 3 is 2.50 bits per heavy atom. The molecular formula is C15H29N3. The Hall–Kier alpha value is -0.730. The molecule has 2 N–H and O–H groups in total. The van der Waals surface area contributed by atoms with E-state index in [0.717, 1.165) is 37.4 Å². The molecule has 0 aliphatic heterocycles. The van der Waals surface area contributed by atoms with Crippen LogP contribution in [0.3, 0.4) is 0 Å². The third-order valence-electron chi connectivity index (χ3n) is 4.11. The lowest BCUT2D eigenvalue weighted by molar-refractivity contribution is 0.481. The van der Waals surface area contributed by atoms with Gasteiger partial charge in [0.15, 0.2) is 5.96 Å². The van der Waals surface area contributed by atoms with Crippen LogP contribution >= 0.6 is 0 Å². The molecule has 0 saturated heterocycles. The van der Waals surface area contributed by atoms with Gasteiger partial charge in [0.1, 0.15) is 0 Å². The quantitative estimate of drug-likeness (QED) is 0.415. The monoisotopic (exact) mass is 251 g/mol. The summed E-state index contributed by atoms with van der Waals surface area (Å²) in [7, 11) is 0. The molecule has 2 rings (SSSR count). The van der Waals surface area contributed by atoms with Crippen molar-refractivity contribution in [1.29, 1.82) is 0 Å². The molecule has 0 aromatic rings. The van der Waals surface area contributed by atoms with E-state index in [0.29, 0.717) is 0 Å². The third-order valence-corrected chi connectivity index (χ3v) is 4.11. The summed E-state index contributed by atoms with van der Waals surface area (Å²) in [4.78, 5) is 4.64. The molecule has 104 valence electrons. The minimum Gasteiger partial charge on any atom is -0.357 e. The van der Waals surface area contributed by atoms with E-state index in [4.69, 9.17) is 0 Å². The van der Waals surface area contributed by atoms with E-state index in [2.05, 4.69) is 22.5 Å². The summed E-state index contributed by atoms with van der Waals surface area (Å²) >= 11 is 0. The van der Waals surface area contributed by atoms with Crippen molar-refractivity contribution in [2.75, 3.05) is 19.6 Å². The molecule has 2 fully saturated rings. The molecule has 3 heteroatoms. The Balaban J connectivity index is 1.57. The van der Waals surface area contributed by atoms with Crippen LogP contribution in [0.2, 0.25) is 0 Å². The molecule has 3 nitrogen and oxygen atoms in total. The van der Waals surface area contributed by atoms with E-state index in [9.17, 15) is 0 Å². The van der Waals surface area contributed by atoms with Gasteiger partial charge in [0.05, 0.1) is 0 Å². The maximum absolute atomic E-state index is 4.64. The first-order valence-electron chi connectivity index (χ1n) is 7.90. The second kappa shape index (κ2) is 7.65. The minimum absolute atomic E-state index is 0.874. The van der Waals surface area contributed by atoms with E-state index in [1.165, 1.54) is 51.4 Å². The molecule has 0 aromatic carbocycles. The molecule has 2 aliphatic carbocycles. The number of hydrogen-bond donors (Lipinski definition) is 2. The molecule has 0 amide bonds. The second-order valence-electron chi connectivity index (χ2n) is 5.88. The predicted molar refractivity (Wildman–Crippen MR) is 77.9 cm³/mol. The lowest BCUT2D eigenvalue weighted by Gasteiger charge is -2.12. The summed E-state index contributed by atoms with van der Waals surface area (Å²) in [5, 5.41) is 6.80. The first-order chi connectivity index (χ1) is 8.88. The smallest absolute Gasteiger partial charge is 0.191 e. The summed E-state index contributed by atoms with van der Waals surface area (Å²) in [5.74, 6) is 2.91. The fourth-order valence-electron chi connectivity index (χ4n) is 2.76. The number of guanidine groups is 1. The standard InChI is InChI=1S/C15H29N3/c1-2-16-15(18-12-14-9-10-14)17-11-5-8-13-6-3-4-7-13/h13-14H,2-12H2,1H3,(H2,16,17,18). The molecule has 0 heterocycles. The first-order valence-corrected chi connectivity index (χ1v) is 7.90. The number of rotatable bonds is 7. The van der Waals surface area contributed by atoms with Crippen molar-refractivity contribution in [2.45, 2.75) is 58.3 Å². The van der Waals surface area contributed by atoms with Crippen molar-refractivity contribution in [3.63, 3.8) is 0 Å². The van der Waals surface area contributed by atoms with Gasteiger partial charge in [-0.1, -0.05) is 25.7 Å². The molecule has 2 saturated carbocycles. The molecule has 2 aliphatic rings. The number of nitrogens with zero attached hydrogens (tertiary/aromatic N) is 1. The summed E-state index contributed by atoms with van der Waals surface area (Å²) in [5.41, 5.74) is 0. The number of hydrogen-bond acceptors (Lipinski definition) is 1. The Morgan fingerprint density at radius 2 is 1.83 bits per heavy atom. The Morgan fingerprint density at radius 1 is 1.06 bits per heavy atom. The van der Waals surface area contributed by atoms with E-state index < -0.39 is 0 Å². The van der Waals surface area contributed by atoms with Crippen molar-refractivity contribution >= 4 is 5.96 Å².